The van der Waals surface area contributed by atoms with Gasteiger partial charge >= 0.3 is 0 Å². The summed E-state index contributed by atoms with van der Waals surface area (Å²) in [5.41, 5.74) is 7.96. The molecule has 14 heavy (non-hydrogen) atoms. The maximum atomic E-state index is 11.8. The Bertz CT molecular complexity index is 399. The van der Waals surface area contributed by atoms with Gasteiger partial charge in [-0.1, -0.05) is 6.92 Å². The van der Waals surface area contributed by atoms with Crippen LogP contribution in [0.4, 0.5) is 5.69 Å². The molecular weight excluding hydrogens is 178 g/mol. The van der Waals surface area contributed by atoms with Gasteiger partial charge in [-0.15, -0.1) is 0 Å². The number of fused-ring (bicyclic) bond motifs is 1. The van der Waals surface area contributed by atoms with E-state index in [2.05, 4.69) is 0 Å². The third kappa shape index (κ3) is 1.16. The fraction of sp³-hybridized carbons (Fsp3) is 0.364. The van der Waals surface area contributed by atoms with Crippen LogP contribution in [0.15, 0.2) is 12.1 Å². The average Bonchev–Trinajstić information content (AvgIpc) is 2.44. The van der Waals surface area contributed by atoms with Crippen molar-refractivity contribution in [3.05, 3.63) is 23.3 Å². The third-order valence-corrected chi connectivity index (χ3v) is 2.45. The number of carbonyl (C=O) groups is 1. The van der Waals surface area contributed by atoms with Gasteiger partial charge in [0.15, 0.2) is 11.9 Å². The number of anilines is 1. The van der Waals surface area contributed by atoms with Crippen molar-refractivity contribution in [3.8, 4) is 5.75 Å². The summed E-state index contributed by atoms with van der Waals surface area (Å²) in [7, 11) is 0. The summed E-state index contributed by atoms with van der Waals surface area (Å²) >= 11 is 0. The van der Waals surface area contributed by atoms with Crippen LogP contribution in [-0.2, 0) is 0 Å². The van der Waals surface area contributed by atoms with E-state index in [-0.39, 0.29) is 11.9 Å². The summed E-state index contributed by atoms with van der Waals surface area (Å²) in [4.78, 5) is 11.8. The number of carbonyl (C=O) groups excluding carboxylic acids is 1. The Morgan fingerprint density at radius 2 is 2.21 bits per heavy atom. The first-order valence-corrected chi connectivity index (χ1v) is 4.74. The Labute approximate surface area is 82.9 Å². The van der Waals surface area contributed by atoms with Crippen LogP contribution in [0, 0.1) is 6.92 Å². The molecule has 1 aromatic rings. The number of nitrogen functional groups attached to an aromatic ring is 1. The first kappa shape index (κ1) is 9.06. The molecule has 3 nitrogen and oxygen atoms in total. The number of Topliss-reactive ketones (excluding diaryl/α,β-unsaturated/α-hetero) is 1. The Hall–Kier alpha value is -1.51. The largest absolute Gasteiger partial charge is 0.479 e. The maximum Gasteiger partial charge on any atom is 0.207 e. The van der Waals surface area contributed by atoms with Gasteiger partial charge in [0, 0.05) is 0 Å². The zero-order valence-corrected chi connectivity index (χ0v) is 8.33. The van der Waals surface area contributed by atoms with Crippen molar-refractivity contribution in [2.75, 3.05) is 5.73 Å². The van der Waals surface area contributed by atoms with Crippen molar-refractivity contribution < 1.29 is 9.53 Å². The fourth-order valence-electron chi connectivity index (χ4n) is 1.75. The van der Waals surface area contributed by atoms with Crippen LogP contribution in [0.25, 0.3) is 0 Å². The van der Waals surface area contributed by atoms with Gasteiger partial charge in [0.1, 0.15) is 0 Å². The first-order chi connectivity index (χ1) is 6.63. The molecule has 0 aromatic heterocycles. The van der Waals surface area contributed by atoms with E-state index in [0.29, 0.717) is 23.4 Å². The highest BCUT2D eigenvalue weighted by molar-refractivity contribution is 6.06. The molecule has 0 amide bonds. The van der Waals surface area contributed by atoms with Crippen LogP contribution < -0.4 is 10.5 Å². The number of ether oxygens (including phenoxy) is 1. The summed E-state index contributed by atoms with van der Waals surface area (Å²) in [5.74, 6) is 0.616. The summed E-state index contributed by atoms with van der Waals surface area (Å²) in [6.45, 7) is 3.85. The van der Waals surface area contributed by atoms with E-state index in [4.69, 9.17) is 10.5 Å². The molecule has 2 N–H and O–H groups in total. The molecule has 1 aliphatic rings. The normalized spacial score (nSPS) is 19.3. The van der Waals surface area contributed by atoms with Crippen molar-refractivity contribution in [1.29, 1.82) is 0 Å². The number of ketones is 1. The predicted octanol–water partition coefficient (Wildman–Crippen LogP) is 1.93. The summed E-state index contributed by atoms with van der Waals surface area (Å²) in [6, 6.07) is 3.66. The number of nitrogens with two attached hydrogens (primary N) is 1. The molecule has 0 fully saturated rings. The van der Waals surface area contributed by atoms with Crippen LogP contribution in [0.5, 0.6) is 5.75 Å². The minimum atomic E-state index is -0.339. The molecule has 0 aliphatic carbocycles. The summed E-state index contributed by atoms with van der Waals surface area (Å²) in [5, 5.41) is 0. The molecule has 0 radical (unpaired) electrons. The van der Waals surface area contributed by atoms with Crippen LogP contribution in [0.1, 0.15) is 29.3 Å². The molecule has 0 spiro atoms. The molecule has 0 bridgehead atoms. The van der Waals surface area contributed by atoms with E-state index in [1.54, 1.807) is 0 Å². The van der Waals surface area contributed by atoms with Gasteiger partial charge in [0.05, 0.1) is 11.3 Å². The molecule has 74 valence electrons. The van der Waals surface area contributed by atoms with E-state index < -0.39 is 0 Å². The van der Waals surface area contributed by atoms with Gasteiger partial charge in [-0.05, 0) is 31.0 Å². The lowest BCUT2D eigenvalue weighted by Crippen LogP contribution is -2.18. The quantitative estimate of drug-likeness (QED) is 0.690. The molecule has 1 atom stereocenters. The van der Waals surface area contributed by atoms with Gasteiger partial charge in [-0.25, -0.2) is 0 Å². The molecule has 1 aromatic carbocycles. The smallest absolute Gasteiger partial charge is 0.207 e. The first-order valence-electron chi connectivity index (χ1n) is 4.74. The van der Waals surface area contributed by atoms with Crippen molar-refractivity contribution >= 4 is 11.5 Å². The Morgan fingerprint density at radius 3 is 2.86 bits per heavy atom. The number of hydrogen-bond donors (Lipinski definition) is 1. The van der Waals surface area contributed by atoms with Crippen molar-refractivity contribution in [3.63, 3.8) is 0 Å². The van der Waals surface area contributed by atoms with Crippen LogP contribution in [0.2, 0.25) is 0 Å². The molecule has 1 heterocycles. The van der Waals surface area contributed by atoms with E-state index in [0.717, 1.165) is 5.56 Å². The van der Waals surface area contributed by atoms with Crippen molar-refractivity contribution in [1.82, 2.24) is 0 Å². The van der Waals surface area contributed by atoms with Crippen LogP contribution in [-0.4, -0.2) is 11.9 Å². The highest BCUT2D eigenvalue weighted by Crippen LogP contribution is 2.36. The number of hydrogen-bond acceptors (Lipinski definition) is 3. The van der Waals surface area contributed by atoms with E-state index in [9.17, 15) is 4.79 Å². The molecule has 3 heteroatoms. The average molecular weight is 191 g/mol. The molecular formula is C11H13NO2. The molecule has 0 saturated heterocycles. The van der Waals surface area contributed by atoms with E-state index in [1.165, 1.54) is 0 Å². The highest BCUT2D eigenvalue weighted by atomic mass is 16.5. The molecule has 1 unspecified atom stereocenters. The SMILES string of the molecule is CCC1Oc2c(N)cc(C)cc2C1=O. The van der Waals surface area contributed by atoms with Crippen molar-refractivity contribution in [2.24, 2.45) is 0 Å². The third-order valence-electron chi connectivity index (χ3n) is 2.45. The zero-order chi connectivity index (χ0) is 10.3. The lowest BCUT2D eigenvalue weighted by molar-refractivity contribution is 0.0853. The van der Waals surface area contributed by atoms with E-state index in [1.807, 2.05) is 26.0 Å². The highest BCUT2D eigenvalue weighted by Gasteiger charge is 2.32. The minimum Gasteiger partial charge on any atom is -0.479 e. The predicted molar refractivity (Wildman–Crippen MR) is 54.6 cm³/mol. The van der Waals surface area contributed by atoms with Crippen molar-refractivity contribution in [2.45, 2.75) is 26.4 Å². The fourth-order valence-corrected chi connectivity index (χ4v) is 1.75. The topological polar surface area (TPSA) is 52.3 Å². The minimum absolute atomic E-state index is 0.0536. The zero-order valence-electron chi connectivity index (χ0n) is 8.33. The Morgan fingerprint density at radius 1 is 1.50 bits per heavy atom. The monoisotopic (exact) mass is 191 g/mol. The second-order valence-electron chi connectivity index (χ2n) is 3.61. The van der Waals surface area contributed by atoms with Crippen LogP contribution >= 0.6 is 0 Å². The summed E-state index contributed by atoms with van der Waals surface area (Å²) < 4.78 is 5.48. The van der Waals surface area contributed by atoms with Gasteiger partial charge in [-0.2, -0.15) is 0 Å². The molecule has 0 saturated carbocycles. The van der Waals surface area contributed by atoms with Gasteiger partial charge < -0.3 is 10.5 Å². The van der Waals surface area contributed by atoms with Gasteiger partial charge in [-0.3, -0.25) is 4.79 Å². The lowest BCUT2D eigenvalue weighted by Gasteiger charge is -2.06. The second-order valence-corrected chi connectivity index (χ2v) is 3.61. The maximum absolute atomic E-state index is 11.8. The standard InChI is InChI=1S/C11H13NO2/c1-3-9-10(13)7-4-6(2)5-8(12)11(7)14-9/h4-5,9H,3,12H2,1-2H3. The number of rotatable bonds is 1. The molecule has 1 aliphatic heterocycles. The number of benzene rings is 1. The second kappa shape index (κ2) is 3.01. The number of aryl methyl sites for hydroxylation is 1. The van der Waals surface area contributed by atoms with E-state index >= 15 is 0 Å². The van der Waals surface area contributed by atoms with Gasteiger partial charge in [0.25, 0.3) is 0 Å². The van der Waals surface area contributed by atoms with Crippen LogP contribution in [0.3, 0.4) is 0 Å². The molecule has 2 rings (SSSR count). The Kier molecular flexibility index (Phi) is 1.95. The lowest BCUT2D eigenvalue weighted by atomic mass is 10.0. The summed E-state index contributed by atoms with van der Waals surface area (Å²) in [6.07, 6.45) is 0.348. The van der Waals surface area contributed by atoms with Gasteiger partial charge in [0.2, 0.25) is 5.78 Å². The Balaban J connectivity index is 2.53.